The van der Waals surface area contributed by atoms with Gasteiger partial charge in [-0.05, 0) is 48.8 Å². The molecule has 4 rings (SSSR count). The van der Waals surface area contributed by atoms with Crippen LogP contribution in [0.4, 0.5) is 0 Å². The van der Waals surface area contributed by atoms with Crippen molar-refractivity contribution in [2.75, 3.05) is 26.4 Å². The van der Waals surface area contributed by atoms with Crippen LogP contribution >= 0.6 is 11.6 Å². The molecule has 1 saturated carbocycles. The van der Waals surface area contributed by atoms with Gasteiger partial charge in [-0.25, -0.2) is 0 Å². The van der Waals surface area contributed by atoms with Gasteiger partial charge in [0, 0.05) is 26.9 Å². The fraction of sp³-hybridized carbons (Fsp3) is 0.500. The van der Waals surface area contributed by atoms with Gasteiger partial charge in [0.1, 0.15) is 24.7 Å². The molecule has 5 heteroatoms. The number of hydrogen-bond acceptors (Lipinski definition) is 4. The van der Waals surface area contributed by atoms with Gasteiger partial charge in [0.15, 0.2) is 0 Å². The van der Waals surface area contributed by atoms with Gasteiger partial charge < -0.3 is 19.7 Å². The quantitative estimate of drug-likeness (QED) is 0.821. The van der Waals surface area contributed by atoms with Gasteiger partial charge in [0.05, 0.1) is 13.2 Å². The van der Waals surface area contributed by atoms with E-state index in [-0.39, 0.29) is 31.8 Å². The monoisotopic (exact) mass is 362 g/mol. The molecule has 0 saturated heterocycles. The van der Waals surface area contributed by atoms with Crippen LogP contribution in [0.1, 0.15) is 43.2 Å². The molecule has 2 aliphatic rings. The number of halogens is 1. The molecule has 0 heterocycles. The zero-order chi connectivity index (χ0) is 17.6. The summed E-state index contributed by atoms with van der Waals surface area (Å²) >= 11 is 6.25. The Morgan fingerprint density at radius 1 is 1.12 bits per heavy atom. The molecule has 0 radical (unpaired) electrons. The largest absolute Gasteiger partial charge is 0.490 e. The van der Waals surface area contributed by atoms with Crippen LogP contribution < -0.4 is 9.47 Å². The van der Waals surface area contributed by atoms with Gasteiger partial charge >= 0.3 is 0 Å². The van der Waals surface area contributed by atoms with Gasteiger partial charge in [-0.1, -0.05) is 18.5 Å². The Morgan fingerprint density at radius 3 is 2.56 bits per heavy atom. The highest BCUT2D eigenvalue weighted by molar-refractivity contribution is 6.31. The normalized spacial score (nSPS) is 23.9. The Morgan fingerprint density at radius 2 is 1.84 bits per heavy atom. The smallest absolute Gasteiger partial charge is 0.131 e. The molecule has 2 aromatic carbocycles. The Labute approximate surface area is 152 Å². The second kappa shape index (κ2) is 6.35. The third kappa shape index (κ3) is 2.59. The van der Waals surface area contributed by atoms with E-state index in [2.05, 4.69) is 6.92 Å². The lowest BCUT2D eigenvalue weighted by molar-refractivity contribution is 0.197. The molecule has 2 N–H and O–H groups in total. The van der Waals surface area contributed by atoms with Crippen molar-refractivity contribution in [2.45, 2.75) is 37.5 Å². The number of benzene rings is 2. The second-order valence-electron chi connectivity index (χ2n) is 7.28. The molecule has 4 nitrogen and oxygen atoms in total. The molecule has 134 valence electrons. The highest BCUT2D eigenvalue weighted by Gasteiger charge is 2.50. The predicted octanol–water partition coefficient (Wildman–Crippen LogP) is 3.77. The molecule has 2 aromatic rings. The zero-order valence-corrected chi connectivity index (χ0v) is 15.1. The van der Waals surface area contributed by atoms with Crippen LogP contribution in [-0.4, -0.2) is 36.6 Å². The fourth-order valence-corrected chi connectivity index (χ4v) is 4.89. The van der Waals surface area contributed by atoms with Crippen molar-refractivity contribution in [3.8, 4) is 11.5 Å². The first-order chi connectivity index (χ1) is 12.1. The van der Waals surface area contributed by atoms with Gasteiger partial charge in [-0.3, -0.25) is 0 Å². The number of rotatable bonds is 6. The topological polar surface area (TPSA) is 58.9 Å². The number of aliphatic hydroxyl groups excluding tert-OH is 2. The highest BCUT2D eigenvalue weighted by Crippen LogP contribution is 2.64. The van der Waals surface area contributed by atoms with Crippen LogP contribution in [0.3, 0.4) is 0 Å². The lowest BCUT2D eigenvalue weighted by Crippen LogP contribution is -2.19. The Kier molecular flexibility index (Phi) is 4.30. The van der Waals surface area contributed by atoms with Crippen molar-refractivity contribution < 1.29 is 19.7 Å². The van der Waals surface area contributed by atoms with Crippen LogP contribution in [0, 0.1) is 0 Å². The van der Waals surface area contributed by atoms with E-state index < -0.39 is 0 Å². The van der Waals surface area contributed by atoms with Crippen LogP contribution in [0.25, 0.3) is 10.8 Å². The van der Waals surface area contributed by atoms with Crippen molar-refractivity contribution in [1.29, 1.82) is 0 Å². The van der Waals surface area contributed by atoms with Crippen molar-refractivity contribution >= 4 is 22.4 Å². The SMILES string of the molecule is CC12CCC(C1)c1c2c(OCCO)c2ccc(Cl)cc2c1OCCO. The second-order valence-corrected chi connectivity index (χ2v) is 7.72. The van der Waals surface area contributed by atoms with Gasteiger partial charge in [0.25, 0.3) is 0 Å². The average Bonchev–Trinajstić information content (AvgIpc) is 3.12. The van der Waals surface area contributed by atoms with Gasteiger partial charge in [0.2, 0.25) is 0 Å². The molecule has 1 fully saturated rings. The number of hydrogen-bond donors (Lipinski definition) is 2. The van der Waals surface area contributed by atoms with E-state index >= 15 is 0 Å². The molecule has 2 unspecified atom stereocenters. The molecule has 2 atom stereocenters. The van der Waals surface area contributed by atoms with Gasteiger partial charge in [-0.15, -0.1) is 0 Å². The number of aliphatic hydroxyl groups is 2. The molecular formula is C20H23ClO4. The highest BCUT2D eigenvalue weighted by atomic mass is 35.5. The average molecular weight is 363 g/mol. The van der Waals surface area contributed by atoms with E-state index in [1.165, 1.54) is 11.1 Å². The van der Waals surface area contributed by atoms with Crippen LogP contribution in [0.15, 0.2) is 18.2 Å². The number of ether oxygens (including phenoxy) is 2. The molecule has 0 aliphatic heterocycles. The van der Waals surface area contributed by atoms with E-state index in [0.29, 0.717) is 10.9 Å². The Hall–Kier alpha value is -1.49. The first-order valence-electron chi connectivity index (χ1n) is 8.86. The maximum atomic E-state index is 9.26. The van der Waals surface area contributed by atoms with E-state index in [9.17, 15) is 10.2 Å². The fourth-order valence-electron chi connectivity index (χ4n) is 4.72. The lowest BCUT2D eigenvalue weighted by atomic mass is 9.79. The molecule has 2 bridgehead atoms. The molecule has 25 heavy (non-hydrogen) atoms. The lowest BCUT2D eigenvalue weighted by Gasteiger charge is -2.30. The summed E-state index contributed by atoms with van der Waals surface area (Å²) < 4.78 is 12.0. The van der Waals surface area contributed by atoms with E-state index in [4.69, 9.17) is 21.1 Å². The summed E-state index contributed by atoms with van der Waals surface area (Å²) in [7, 11) is 0. The maximum absolute atomic E-state index is 9.26. The van der Waals surface area contributed by atoms with Crippen molar-refractivity contribution in [3.63, 3.8) is 0 Å². The minimum Gasteiger partial charge on any atom is -0.490 e. The first-order valence-corrected chi connectivity index (χ1v) is 9.24. The summed E-state index contributed by atoms with van der Waals surface area (Å²) in [6.45, 7) is 2.77. The van der Waals surface area contributed by atoms with E-state index in [1.807, 2.05) is 18.2 Å². The summed E-state index contributed by atoms with van der Waals surface area (Å²) in [6, 6.07) is 5.73. The zero-order valence-electron chi connectivity index (χ0n) is 14.3. The van der Waals surface area contributed by atoms with Crippen LogP contribution in [0.5, 0.6) is 11.5 Å². The van der Waals surface area contributed by atoms with Crippen molar-refractivity contribution in [1.82, 2.24) is 0 Å². The van der Waals surface area contributed by atoms with Gasteiger partial charge in [-0.2, -0.15) is 0 Å². The minimum atomic E-state index is -0.0263. The maximum Gasteiger partial charge on any atom is 0.131 e. The summed E-state index contributed by atoms with van der Waals surface area (Å²) in [4.78, 5) is 0. The Bertz CT molecular complexity index is 819. The summed E-state index contributed by atoms with van der Waals surface area (Å²) in [5.41, 5.74) is 2.51. The van der Waals surface area contributed by atoms with Crippen molar-refractivity contribution in [3.05, 3.63) is 34.3 Å². The first kappa shape index (κ1) is 17.0. The third-order valence-electron chi connectivity index (χ3n) is 5.64. The minimum absolute atomic E-state index is 0.0211. The molecule has 0 spiro atoms. The number of fused-ring (bicyclic) bond motifs is 6. The van der Waals surface area contributed by atoms with Crippen LogP contribution in [-0.2, 0) is 5.41 Å². The summed E-state index contributed by atoms with van der Waals surface area (Å²) in [5.74, 6) is 2.15. The van der Waals surface area contributed by atoms with E-state index in [0.717, 1.165) is 41.5 Å². The van der Waals surface area contributed by atoms with E-state index in [1.54, 1.807) is 0 Å². The third-order valence-corrected chi connectivity index (χ3v) is 5.88. The predicted molar refractivity (Wildman–Crippen MR) is 98.1 cm³/mol. The molecule has 0 aromatic heterocycles. The summed E-state index contributed by atoms with van der Waals surface area (Å²) in [6.07, 6.45) is 3.38. The summed E-state index contributed by atoms with van der Waals surface area (Å²) in [5, 5.41) is 21.0. The van der Waals surface area contributed by atoms with Crippen LogP contribution in [0.2, 0.25) is 5.02 Å². The molecular weight excluding hydrogens is 340 g/mol. The molecule has 0 amide bonds. The Balaban J connectivity index is 2.03. The molecule has 2 aliphatic carbocycles. The van der Waals surface area contributed by atoms with Crippen molar-refractivity contribution in [2.24, 2.45) is 0 Å². The standard InChI is InChI=1S/C20H23ClO4/c1-20-5-4-12(11-20)16-17(20)19(25-9-7-23)14-3-2-13(21)10-15(14)18(16)24-8-6-22/h2-3,10,12,22-23H,4-9,11H2,1H3.